The van der Waals surface area contributed by atoms with Gasteiger partial charge in [-0.15, -0.1) is 0 Å². The highest BCUT2D eigenvalue weighted by Crippen LogP contribution is 2.69. The fraction of sp³-hybridized carbons (Fsp3) is 0.852. The number of carbonyl (C=O) groups excluding carboxylic acids is 1. The summed E-state index contributed by atoms with van der Waals surface area (Å²) in [5, 5.41) is 15.3. The quantitative estimate of drug-likeness (QED) is 0.686. The van der Waals surface area contributed by atoms with Crippen LogP contribution in [0, 0.1) is 47.3 Å². The van der Waals surface area contributed by atoms with Crippen molar-refractivity contribution >= 4 is 5.78 Å². The Morgan fingerprint density at radius 1 is 1.13 bits per heavy atom. The second kappa shape index (κ2) is 7.43. The maximum atomic E-state index is 13.4. The van der Waals surface area contributed by atoms with Crippen molar-refractivity contribution in [3.05, 3.63) is 18.0 Å². The highest BCUT2D eigenvalue weighted by Gasteiger charge is 2.62. The van der Waals surface area contributed by atoms with E-state index in [0.29, 0.717) is 29.6 Å². The zero-order valence-corrected chi connectivity index (χ0v) is 20.1. The molecule has 0 amide bonds. The Bertz CT molecular complexity index is 844. The maximum Gasteiger partial charge on any atom is 0.157 e. The van der Waals surface area contributed by atoms with Crippen LogP contribution in [0.15, 0.2) is 12.3 Å². The summed E-state index contributed by atoms with van der Waals surface area (Å²) in [4.78, 5) is 13.4. The van der Waals surface area contributed by atoms with Gasteiger partial charge in [-0.2, -0.15) is 5.10 Å². The van der Waals surface area contributed by atoms with Crippen molar-refractivity contribution in [3.8, 4) is 0 Å². The minimum absolute atomic E-state index is 0.169. The van der Waals surface area contributed by atoms with E-state index >= 15 is 0 Å². The molecule has 1 N–H and O–H groups in total. The van der Waals surface area contributed by atoms with E-state index in [1.54, 1.807) is 0 Å². The van der Waals surface area contributed by atoms with Crippen LogP contribution in [0.4, 0.5) is 0 Å². The van der Waals surface area contributed by atoms with E-state index < -0.39 is 5.60 Å². The number of ketones is 1. The van der Waals surface area contributed by atoms with Crippen LogP contribution in [0.1, 0.15) is 90.7 Å². The van der Waals surface area contributed by atoms with Crippen LogP contribution < -0.4 is 0 Å². The third kappa shape index (κ3) is 3.34. The van der Waals surface area contributed by atoms with Crippen molar-refractivity contribution < 1.29 is 9.90 Å². The lowest BCUT2D eigenvalue weighted by molar-refractivity contribution is -0.158. The summed E-state index contributed by atoms with van der Waals surface area (Å²) in [5.74, 6) is 3.57. The Morgan fingerprint density at radius 3 is 2.65 bits per heavy atom. The lowest BCUT2D eigenvalue weighted by atomic mass is 9.42. The number of aliphatic hydroxyl groups is 1. The largest absolute Gasteiger partial charge is 0.390 e. The first-order valence-corrected chi connectivity index (χ1v) is 12.9. The molecular formula is C27H42N2O2. The zero-order valence-electron chi connectivity index (χ0n) is 20.1. The predicted molar refractivity (Wildman–Crippen MR) is 122 cm³/mol. The van der Waals surface area contributed by atoms with Crippen molar-refractivity contribution in [2.45, 2.75) is 104 Å². The molecule has 1 aromatic rings. The van der Waals surface area contributed by atoms with Crippen LogP contribution in [-0.2, 0) is 11.3 Å². The minimum atomic E-state index is -0.463. The Hall–Kier alpha value is -1.16. The van der Waals surface area contributed by atoms with E-state index in [9.17, 15) is 9.90 Å². The normalized spacial score (nSPS) is 46.8. The van der Waals surface area contributed by atoms with E-state index in [4.69, 9.17) is 0 Å². The van der Waals surface area contributed by atoms with Gasteiger partial charge >= 0.3 is 0 Å². The van der Waals surface area contributed by atoms with Crippen LogP contribution in [0.2, 0.25) is 0 Å². The Balaban J connectivity index is 1.36. The van der Waals surface area contributed by atoms with Crippen molar-refractivity contribution in [2.24, 2.45) is 40.4 Å². The van der Waals surface area contributed by atoms with E-state index in [1.807, 2.05) is 23.9 Å². The molecule has 0 spiro atoms. The number of rotatable bonds is 4. The first-order chi connectivity index (χ1) is 14.7. The minimum Gasteiger partial charge on any atom is -0.390 e. The molecule has 8 atom stereocenters. The molecule has 31 heavy (non-hydrogen) atoms. The Labute approximate surface area is 188 Å². The maximum absolute atomic E-state index is 13.4. The first-order valence-electron chi connectivity index (χ1n) is 12.9. The molecular weight excluding hydrogens is 384 g/mol. The molecule has 0 bridgehead atoms. The molecule has 4 aliphatic carbocycles. The lowest BCUT2D eigenvalue weighted by Gasteiger charge is -2.63. The van der Waals surface area contributed by atoms with E-state index in [-0.39, 0.29) is 11.3 Å². The van der Waals surface area contributed by atoms with Crippen molar-refractivity contribution in [2.75, 3.05) is 0 Å². The molecule has 4 nitrogen and oxygen atoms in total. The van der Waals surface area contributed by atoms with Gasteiger partial charge in [0.1, 0.15) is 0 Å². The monoisotopic (exact) mass is 426 g/mol. The fourth-order valence-electron chi connectivity index (χ4n) is 9.30. The van der Waals surface area contributed by atoms with Gasteiger partial charge in [-0.05, 0) is 119 Å². The smallest absolute Gasteiger partial charge is 0.157 e. The summed E-state index contributed by atoms with van der Waals surface area (Å²) in [7, 11) is 0. The van der Waals surface area contributed by atoms with Crippen LogP contribution >= 0.6 is 0 Å². The van der Waals surface area contributed by atoms with E-state index in [2.05, 4.69) is 25.9 Å². The molecule has 4 aliphatic rings. The Kier molecular flexibility index (Phi) is 5.20. The number of hydrogen-bond acceptors (Lipinski definition) is 3. The summed E-state index contributed by atoms with van der Waals surface area (Å²) < 4.78 is 1.84. The van der Waals surface area contributed by atoms with Crippen molar-refractivity contribution in [3.63, 3.8) is 0 Å². The number of nitrogens with zero attached hydrogens (tertiary/aromatic N) is 2. The first kappa shape index (κ1) is 21.7. The number of aromatic nitrogens is 2. The van der Waals surface area contributed by atoms with Crippen molar-refractivity contribution in [1.82, 2.24) is 9.78 Å². The second-order valence-electron chi connectivity index (χ2n) is 12.2. The predicted octanol–water partition coefficient (Wildman–Crippen LogP) is 5.56. The van der Waals surface area contributed by atoms with Gasteiger partial charge in [0.25, 0.3) is 0 Å². The van der Waals surface area contributed by atoms with Gasteiger partial charge in [-0.25, -0.2) is 0 Å². The second-order valence-corrected chi connectivity index (χ2v) is 12.2. The van der Waals surface area contributed by atoms with E-state index in [0.717, 1.165) is 36.8 Å². The summed E-state index contributed by atoms with van der Waals surface area (Å²) in [6, 6.07) is 1.99. The number of aryl methyl sites for hydroxylation is 1. The Morgan fingerprint density at radius 2 is 1.94 bits per heavy atom. The third-order valence-electron chi connectivity index (χ3n) is 10.8. The molecule has 5 rings (SSSR count). The average molecular weight is 427 g/mol. The van der Waals surface area contributed by atoms with Crippen LogP contribution in [0.3, 0.4) is 0 Å². The molecule has 4 saturated carbocycles. The van der Waals surface area contributed by atoms with Gasteiger partial charge in [0, 0.05) is 12.1 Å². The number of carbonyl (C=O) groups is 1. The highest BCUT2D eigenvalue weighted by atomic mass is 16.3. The topological polar surface area (TPSA) is 55.1 Å². The molecule has 0 unspecified atom stereocenters. The standard InChI is InChI=1S/C27H42N2O2/c1-5-27-14-13-25(3,31)16-19(27)6-7-20-21-8-9-23(26(21,4)12-10-22(20)27)24(30)17-29-15-11-18(2)28-29/h11,15,19-23,31H,5-10,12-14,16-17H2,1-4H3/t19-,20-,21-,22-,23+,25+,26-,27-/m0/s1. The van der Waals surface area contributed by atoms with Gasteiger partial charge in [0.05, 0.1) is 17.8 Å². The zero-order chi connectivity index (χ0) is 22.0. The SMILES string of the molecule is CC[C@]12CC[C@@](C)(O)C[C@@H]1CC[C@H]1[C@@H]3CC[C@H](C(=O)Cn4ccc(C)n4)[C@@]3(C)CC[C@@H]12. The van der Waals surface area contributed by atoms with Gasteiger partial charge in [0.15, 0.2) is 5.78 Å². The molecule has 0 aromatic carbocycles. The summed E-state index contributed by atoms with van der Waals surface area (Å²) in [6.07, 6.45) is 13.8. The summed E-state index contributed by atoms with van der Waals surface area (Å²) >= 11 is 0. The molecule has 0 saturated heterocycles. The molecule has 1 aromatic heterocycles. The van der Waals surface area contributed by atoms with Gasteiger partial charge in [-0.3, -0.25) is 9.48 Å². The van der Waals surface area contributed by atoms with Crippen LogP contribution in [0.25, 0.3) is 0 Å². The van der Waals surface area contributed by atoms with Crippen LogP contribution in [0.5, 0.6) is 0 Å². The van der Waals surface area contributed by atoms with Gasteiger partial charge < -0.3 is 5.11 Å². The summed E-state index contributed by atoms with van der Waals surface area (Å²) in [6.45, 7) is 9.35. The fourth-order valence-corrected chi connectivity index (χ4v) is 9.30. The average Bonchev–Trinajstić information content (AvgIpc) is 3.29. The highest BCUT2D eigenvalue weighted by molar-refractivity contribution is 5.82. The number of hydrogen-bond donors (Lipinski definition) is 1. The third-order valence-corrected chi connectivity index (χ3v) is 10.8. The van der Waals surface area contributed by atoms with Crippen LogP contribution in [-0.4, -0.2) is 26.3 Å². The lowest BCUT2D eigenvalue weighted by Crippen LogP contribution is -2.56. The van der Waals surface area contributed by atoms with E-state index in [1.165, 1.54) is 44.9 Å². The molecule has 1 heterocycles. The molecule has 172 valence electrons. The summed E-state index contributed by atoms with van der Waals surface area (Å²) in [5.41, 5.74) is 1.12. The van der Waals surface area contributed by atoms with Gasteiger partial charge in [-0.1, -0.05) is 13.8 Å². The molecule has 0 radical (unpaired) electrons. The molecule has 0 aliphatic heterocycles. The number of Topliss-reactive ketones (excluding diaryl/α,β-unsaturated/α-hetero) is 1. The molecule has 4 fully saturated rings. The molecule has 4 heteroatoms. The number of fused-ring (bicyclic) bond motifs is 5. The van der Waals surface area contributed by atoms with Crippen molar-refractivity contribution in [1.29, 1.82) is 0 Å². The van der Waals surface area contributed by atoms with Gasteiger partial charge in [0.2, 0.25) is 0 Å².